The second kappa shape index (κ2) is 6.43. The van der Waals surface area contributed by atoms with Gasteiger partial charge in [0.15, 0.2) is 0 Å². The Morgan fingerprint density at radius 2 is 2.14 bits per heavy atom. The van der Waals surface area contributed by atoms with E-state index in [1.165, 1.54) is 18.4 Å². The molecule has 0 radical (unpaired) electrons. The number of hydrogen-bond donors (Lipinski definition) is 1. The lowest BCUT2D eigenvalue weighted by Gasteiger charge is -2.09. The lowest BCUT2D eigenvalue weighted by molar-refractivity contribution is 0.340. The molecule has 1 aromatic heterocycles. The van der Waals surface area contributed by atoms with Crippen LogP contribution in [0.1, 0.15) is 37.1 Å². The number of nitrogens with one attached hydrogen (secondary N) is 1. The second-order valence-electron chi connectivity index (χ2n) is 5.14. The fourth-order valence-electron chi connectivity index (χ4n) is 2.15. The molecule has 5 heteroatoms. The molecule has 0 aliphatic heterocycles. The highest BCUT2D eigenvalue weighted by molar-refractivity contribution is 9.10. The minimum absolute atomic E-state index is 0.546. The number of anilines is 1. The average Bonchev–Trinajstić information content (AvgIpc) is 3.30. The van der Waals surface area contributed by atoms with Crippen LogP contribution in [0.15, 0.2) is 34.9 Å². The molecule has 1 N–H and O–H groups in total. The number of aromatic nitrogens is 2. The molecule has 0 spiro atoms. The standard InChI is InChI=1S/C16H18BrN3O/c1-2-21-13-5-3-4-11(8-13)10-18-15-9-14(17)19-16(20-15)12-6-7-12/h3-5,8-9,12H,2,6-7,10H2,1H3,(H,18,19,20). The van der Waals surface area contributed by atoms with E-state index >= 15 is 0 Å². The molecule has 0 saturated heterocycles. The highest BCUT2D eigenvalue weighted by Crippen LogP contribution is 2.38. The first-order chi connectivity index (χ1) is 10.2. The van der Waals surface area contributed by atoms with Gasteiger partial charge in [0, 0.05) is 18.5 Å². The van der Waals surface area contributed by atoms with Crippen molar-refractivity contribution in [1.29, 1.82) is 0 Å². The number of halogens is 1. The van der Waals surface area contributed by atoms with Crippen LogP contribution in [0.2, 0.25) is 0 Å². The van der Waals surface area contributed by atoms with E-state index in [1.807, 2.05) is 25.1 Å². The zero-order valence-electron chi connectivity index (χ0n) is 12.0. The Bertz CT molecular complexity index is 629. The normalized spacial score (nSPS) is 14.0. The van der Waals surface area contributed by atoms with Crippen LogP contribution in [-0.4, -0.2) is 16.6 Å². The molecule has 0 atom stereocenters. The lowest BCUT2D eigenvalue weighted by Crippen LogP contribution is -2.04. The monoisotopic (exact) mass is 347 g/mol. The summed E-state index contributed by atoms with van der Waals surface area (Å²) in [5.74, 6) is 3.25. The van der Waals surface area contributed by atoms with Crippen LogP contribution >= 0.6 is 15.9 Å². The molecular formula is C16H18BrN3O. The van der Waals surface area contributed by atoms with Crippen molar-refractivity contribution in [3.63, 3.8) is 0 Å². The quantitative estimate of drug-likeness (QED) is 0.798. The maximum Gasteiger partial charge on any atom is 0.135 e. The van der Waals surface area contributed by atoms with Gasteiger partial charge in [0.25, 0.3) is 0 Å². The van der Waals surface area contributed by atoms with Gasteiger partial charge in [-0.25, -0.2) is 9.97 Å². The Kier molecular flexibility index (Phi) is 4.39. The topological polar surface area (TPSA) is 47.0 Å². The summed E-state index contributed by atoms with van der Waals surface area (Å²) in [6.45, 7) is 3.39. The summed E-state index contributed by atoms with van der Waals surface area (Å²) in [5, 5.41) is 3.36. The van der Waals surface area contributed by atoms with Crippen molar-refractivity contribution in [2.75, 3.05) is 11.9 Å². The van der Waals surface area contributed by atoms with Gasteiger partial charge in [-0.3, -0.25) is 0 Å². The van der Waals surface area contributed by atoms with Crippen molar-refractivity contribution in [2.45, 2.75) is 32.2 Å². The van der Waals surface area contributed by atoms with E-state index < -0.39 is 0 Å². The highest BCUT2D eigenvalue weighted by atomic mass is 79.9. The number of hydrogen-bond acceptors (Lipinski definition) is 4. The Morgan fingerprint density at radius 1 is 1.29 bits per heavy atom. The Balaban J connectivity index is 1.68. The van der Waals surface area contributed by atoms with E-state index in [9.17, 15) is 0 Å². The highest BCUT2D eigenvalue weighted by Gasteiger charge is 2.27. The molecule has 2 aromatic rings. The van der Waals surface area contributed by atoms with Crippen LogP contribution in [0.3, 0.4) is 0 Å². The number of ether oxygens (including phenoxy) is 1. The molecule has 0 unspecified atom stereocenters. The van der Waals surface area contributed by atoms with Crippen molar-refractivity contribution in [1.82, 2.24) is 9.97 Å². The van der Waals surface area contributed by atoms with Gasteiger partial charge in [0.1, 0.15) is 22.0 Å². The third kappa shape index (κ3) is 3.94. The molecule has 0 bridgehead atoms. The van der Waals surface area contributed by atoms with Gasteiger partial charge < -0.3 is 10.1 Å². The Morgan fingerprint density at radius 3 is 2.90 bits per heavy atom. The summed E-state index contributed by atoms with van der Waals surface area (Å²) in [6, 6.07) is 10.0. The smallest absolute Gasteiger partial charge is 0.135 e. The second-order valence-corrected chi connectivity index (χ2v) is 5.95. The summed E-state index contributed by atoms with van der Waals surface area (Å²) in [4.78, 5) is 9.02. The molecule has 1 aliphatic carbocycles. The van der Waals surface area contributed by atoms with E-state index in [2.05, 4.69) is 43.3 Å². The van der Waals surface area contributed by atoms with Crippen molar-refractivity contribution in [3.05, 3.63) is 46.3 Å². The summed E-state index contributed by atoms with van der Waals surface area (Å²) in [6.07, 6.45) is 2.40. The predicted octanol–water partition coefficient (Wildman–Crippen LogP) is 4.13. The minimum atomic E-state index is 0.546. The maximum absolute atomic E-state index is 5.52. The SMILES string of the molecule is CCOc1cccc(CNc2cc(Br)nc(C3CC3)n2)c1. The average molecular weight is 348 g/mol. The molecule has 1 fully saturated rings. The Hall–Kier alpha value is -1.62. The molecule has 4 nitrogen and oxygen atoms in total. The van der Waals surface area contributed by atoms with Crippen LogP contribution in [0.25, 0.3) is 0 Å². The fourth-order valence-corrected chi connectivity index (χ4v) is 2.55. The largest absolute Gasteiger partial charge is 0.494 e. The van der Waals surface area contributed by atoms with Crippen LogP contribution in [-0.2, 0) is 6.54 Å². The zero-order valence-corrected chi connectivity index (χ0v) is 13.6. The van der Waals surface area contributed by atoms with Gasteiger partial charge >= 0.3 is 0 Å². The third-order valence-electron chi connectivity index (χ3n) is 3.34. The molecule has 1 aromatic carbocycles. The molecule has 21 heavy (non-hydrogen) atoms. The van der Waals surface area contributed by atoms with E-state index in [4.69, 9.17) is 4.74 Å². The first kappa shape index (κ1) is 14.3. The summed E-state index contributed by atoms with van der Waals surface area (Å²) in [5.41, 5.74) is 1.17. The van der Waals surface area contributed by atoms with Gasteiger partial charge in [0.05, 0.1) is 6.61 Å². The van der Waals surface area contributed by atoms with Gasteiger partial charge in [-0.1, -0.05) is 12.1 Å². The first-order valence-corrected chi connectivity index (χ1v) is 8.04. The predicted molar refractivity (Wildman–Crippen MR) is 86.6 cm³/mol. The minimum Gasteiger partial charge on any atom is -0.494 e. The lowest BCUT2D eigenvalue weighted by atomic mass is 10.2. The molecule has 1 heterocycles. The number of nitrogens with zero attached hydrogens (tertiary/aromatic N) is 2. The third-order valence-corrected chi connectivity index (χ3v) is 3.74. The molecular weight excluding hydrogens is 330 g/mol. The number of rotatable bonds is 6. The summed E-state index contributed by atoms with van der Waals surface area (Å²) >= 11 is 3.46. The summed E-state index contributed by atoms with van der Waals surface area (Å²) in [7, 11) is 0. The van der Waals surface area contributed by atoms with Crippen molar-refractivity contribution in [3.8, 4) is 5.75 Å². The van der Waals surface area contributed by atoms with Crippen LogP contribution < -0.4 is 10.1 Å². The Labute approximate surface area is 133 Å². The van der Waals surface area contributed by atoms with E-state index in [1.54, 1.807) is 0 Å². The molecule has 110 valence electrons. The van der Waals surface area contributed by atoms with E-state index in [0.717, 1.165) is 22.0 Å². The van der Waals surface area contributed by atoms with E-state index in [0.29, 0.717) is 19.1 Å². The molecule has 0 amide bonds. The summed E-state index contributed by atoms with van der Waals surface area (Å²) < 4.78 is 6.35. The molecule has 1 aliphatic rings. The van der Waals surface area contributed by atoms with Crippen molar-refractivity contribution >= 4 is 21.7 Å². The zero-order chi connectivity index (χ0) is 14.7. The first-order valence-electron chi connectivity index (χ1n) is 7.24. The van der Waals surface area contributed by atoms with Gasteiger partial charge in [-0.15, -0.1) is 0 Å². The van der Waals surface area contributed by atoms with Crippen LogP contribution in [0.5, 0.6) is 5.75 Å². The van der Waals surface area contributed by atoms with Gasteiger partial charge in [0.2, 0.25) is 0 Å². The van der Waals surface area contributed by atoms with Crippen LogP contribution in [0.4, 0.5) is 5.82 Å². The van der Waals surface area contributed by atoms with Crippen molar-refractivity contribution < 1.29 is 4.74 Å². The molecule has 3 rings (SSSR count). The van der Waals surface area contributed by atoms with Gasteiger partial charge in [-0.05, 0) is 53.4 Å². The maximum atomic E-state index is 5.52. The number of benzene rings is 1. The van der Waals surface area contributed by atoms with E-state index in [-0.39, 0.29) is 0 Å². The van der Waals surface area contributed by atoms with Crippen LogP contribution in [0, 0.1) is 0 Å². The van der Waals surface area contributed by atoms with Crippen molar-refractivity contribution in [2.24, 2.45) is 0 Å². The fraction of sp³-hybridized carbons (Fsp3) is 0.375. The molecule has 1 saturated carbocycles. The van der Waals surface area contributed by atoms with Gasteiger partial charge in [-0.2, -0.15) is 0 Å².